The third-order valence-corrected chi connectivity index (χ3v) is 5.81. The molecule has 0 saturated carbocycles. The van der Waals surface area contributed by atoms with Gasteiger partial charge in [0, 0.05) is 12.4 Å². The summed E-state index contributed by atoms with van der Waals surface area (Å²) < 4.78 is 49.1. The van der Waals surface area contributed by atoms with E-state index in [-0.39, 0.29) is 22.3 Å². The number of sulfonamides is 1. The van der Waals surface area contributed by atoms with Gasteiger partial charge in [-0.2, -0.15) is 15.1 Å². The summed E-state index contributed by atoms with van der Waals surface area (Å²) in [5.74, 6) is -0.573. The third-order valence-electron chi connectivity index (χ3n) is 4.44. The van der Waals surface area contributed by atoms with Crippen LogP contribution in [-0.4, -0.2) is 28.2 Å². The van der Waals surface area contributed by atoms with E-state index in [0.29, 0.717) is 11.4 Å². The molecule has 4 aromatic rings. The molecule has 0 aliphatic heterocycles. The molecule has 0 radical (unpaired) electrons. The van der Waals surface area contributed by atoms with Gasteiger partial charge in [0.05, 0.1) is 27.7 Å². The molecule has 0 unspecified atom stereocenters. The SMILES string of the molecule is Cc1nc(Oc2ccccc2F)nc(C)c1NS(=O)(=O)c1ccc(-n2cccn2)cc1. The van der Waals surface area contributed by atoms with E-state index in [2.05, 4.69) is 19.8 Å². The van der Waals surface area contributed by atoms with Gasteiger partial charge >= 0.3 is 6.01 Å². The lowest BCUT2D eigenvalue weighted by Crippen LogP contribution is -2.16. The number of anilines is 1. The van der Waals surface area contributed by atoms with E-state index in [0.717, 1.165) is 5.69 Å². The molecule has 10 heteroatoms. The molecule has 0 bridgehead atoms. The summed E-state index contributed by atoms with van der Waals surface area (Å²) in [6.07, 6.45) is 3.40. The molecule has 2 aromatic carbocycles. The van der Waals surface area contributed by atoms with Gasteiger partial charge in [-0.3, -0.25) is 4.72 Å². The number of aryl methyl sites for hydroxylation is 2. The van der Waals surface area contributed by atoms with Crippen molar-refractivity contribution >= 4 is 15.7 Å². The fourth-order valence-corrected chi connectivity index (χ4v) is 4.07. The van der Waals surface area contributed by atoms with Crippen LogP contribution in [0.4, 0.5) is 10.1 Å². The Hall–Kier alpha value is -3.79. The highest BCUT2D eigenvalue weighted by atomic mass is 32.2. The number of nitrogens with one attached hydrogen (secondary N) is 1. The fourth-order valence-electron chi connectivity index (χ4n) is 2.90. The Morgan fingerprint density at radius 2 is 1.65 bits per heavy atom. The largest absolute Gasteiger partial charge is 0.421 e. The number of rotatable bonds is 6. The summed E-state index contributed by atoms with van der Waals surface area (Å²) in [5.41, 5.74) is 1.65. The molecular formula is C21H18FN5O3S. The first-order valence-electron chi connectivity index (χ1n) is 9.24. The first kappa shape index (κ1) is 20.5. The number of nitrogens with zero attached hydrogens (tertiary/aromatic N) is 4. The maximum atomic E-state index is 13.8. The second-order valence-electron chi connectivity index (χ2n) is 6.63. The van der Waals surface area contributed by atoms with Crippen LogP contribution in [0.3, 0.4) is 0 Å². The lowest BCUT2D eigenvalue weighted by molar-refractivity contribution is 0.409. The van der Waals surface area contributed by atoms with Crippen LogP contribution in [0.5, 0.6) is 11.8 Å². The average Bonchev–Trinajstić information content (AvgIpc) is 3.28. The maximum absolute atomic E-state index is 13.8. The number of ether oxygens (including phenoxy) is 1. The zero-order valence-corrected chi connectivity index (χ0v) is 17.5. The molecule has 2 heterocycles. The van der Waals surface area contributed by atoms with Gasteiger partial charge in [-0.1, -0.05) is 12.1 Å². The summed E-state index contributed by atoms with van der Waals surface area (Å²) in [7, 11) is -3.88. The fraction of sp³-hybridized carbons (Fsp3) is 0.0952. The lowest BCUT2D eigenvalue weighted by atomic mass is 10.3. The summed E-state index contributed by atoms with van der Waals surface area (Å²) in [6.45, 7) is 3.23. The molecule has 0 atom stereocenters. The number of hydrogen-bond acceptors (Lipinski definition) is 6. The number of benzene rings is 2. The Morgan fingerprint density at radius 3 is 2.26 bits per heavy atom. The average molecular weight is 439 g/mol. The molecule has 0 amide bonds. The second-order valence-corrected chi connectivity index (χ2v) is 8.32. The molecule has 0 saturated heterocycles. The van der Waals surface area contributed by atoms with Crippen molar-refractivity contribution in [1.82, 2.24) is 19.7 Å². The molecule has 0 spiro atoms. The molecule has 0 aliphatic rings. The number of halogens is 1. The van der Waals surface area contributed by atoms with Gasteiger partial charge in [0.2, 0.25) is 0 Å². The highest BCUT2D eigenvalue weighted by Gasteiger charge is 2.19. The van der Waals surface area contributed by atoms with E-state index in [4.69, 9.17) is 4.74 Å². The summed E-state index contributed by atoms with van der Waals surface area (Å²) in [6, 6.07) is 13.9. The van der Waals surface area contributed by atoms with Crippen molar-refractivity contribution in [2.45, 2.75) is 18.7 Å². The minimum atomic E-state index is -3.88. The number of hydrogen-bond donors (Lipinski definition) is 1. The lowest BCUT2D eigenvalue weighted by Gasteiger charge is -2.14. The van der Waals surface area contributed by atoms with E-state index in [1.165, 1.54) is 24.3 Å². The molecular weight excluding hydrogens is 421 g/mol. The van der Waals surface area contributed by atoms with Crippen LogP contribution >= 0.6 is 0 Å². The van der Waals surface area contributed by atoms with Gasteiger partial charge in [-0.15, -0.1) is 0 Å². The molecule has 158 valence electrons. The Kier molecular flexibility index (Phi) is 5.38. The van der Waals surface area contributed by atoms with Crippen molar-refractivity contribution in [2.75, 3.05) is 4.72 Å². The van der Waals surface area contributed by atoms with E-state index >= 15 is 0 Å². The monoisotopic (exact) mass is 439 g/mol. The third kappa shape index (κ3) is 4.38. The van der Waals surface area contributed by atoms with Gasteiger partial charge in [0.1, 0.15) is 0 Å². The van der Waals surface area contributed by atoms with Crippen molar-refractivity contribution in [3.8, 4) is 17.4 Å². The predicted octanol–water partition coefficient (Wildman–Crippen LogP) is 4.01. The molecule has 1 N–H and O–H groups in total. The molecule has 8 nitrogen and oxygen atoms in total. The zero-order valence-electron chi connectivity index (χ0n) is 16.7. The highest BCUT2D eigenvalue weighted by molar-refractivity contribution is 7.92. The van der Waals surface area contributed by atoms with Crippen molar-refractivity contribution in [2.24, 2.45) is 0 Å². The van der Waals surface area contributed by atoms with Crippen molar-refractivity contribution in [1.29, 1.82) is 0 Å². The number of para-hydroxylation sites is 1. The quantitative estimate of drug-likeness (QED) is 0.487. The van der Waals surface area contributed by atoms with E-state index < -0.39 is 15.8 Å². The van der Waals surface area contributed by atoms with Gasteiger partial charge < -0.3 is 4.74 Å². The molecule has 0 fully saturated rings. The van der Waals surface area contributed by atoms with Crippen LogP contribution in [0.2, 0.25) is 0 Å². The Morgan fingerprint density at radius 1 is 0.968 bits per heavy atom. The standard InChI is InChI=1S/C21H18FN5O3S/c1-14-20(15(2)25-21(24-14)30-19-7-4-3-6-18(19)22)26-31(28,29)17-10-8-16(9-11-17)27-13-5-12-23-27/h3-13,26H,1-2H3. The summed E-state index contributed by atoms with van der Waals surface area (Å²) in [4.78, 5) is 8.39. The normalized spacial score (nSPS) is 11.3. The van der Waals surface area contributed by atoms with E-state index in [9.17, 15) is 12.8 Å². The molecule has 31 heavy (non-hydrogen) atoms. The summed E-state index contributed by atoms with van der Waals surface area (Å²) in [5, 5.41) is 4.11. The maximum Gasteiger partial charge on any atom is 0.322 e. The molecule has 0 aliphatic carbocycles. The van der Waals surface area contributed by atoms with Crippen molar-refractivity contribution < 1.29 is 17.5 Å². The number of aromatic nitrogens is 4. The van der Waals surface area contributed by atoms with E-state index in [1.807, 2.05) is 0 Å². The Balaban J connectivity index is 1.57. The van der Waals surface area contributed by atoms with Crippen LogP contribution in [0.1, 0.15) is 11.4 Å². The van der Waals surface area contributed by atoms with Crippen molar-refractivity contribution in [3.05, 3.63) is 84.2 Å². The van der Waals surface area contributed by atoms with Crippen LogP contribution in [0.15, 0.2) is 71.9 Å². The van der Waals surface area contributed by atoms with Gasteiger partial charge in [0.15, 0.2) is 11.6 Å². The van der Waals surface area contributed by atoms with E-state index in [1.54, 1.807) is 61.3 Å². The molecule has 2 aromatic heterocycles. The van der Waals surface area contributed by atoms with Crippen LogP contribution in [0.25, 0.3) is 5.69 Å². The Labute approximate surface area is 178 Å². The smallest absolute Gasteiger partial charge is 0.322 e. The predicted molar refractivity (Wildman–Crippen MR) is 112 cm³/mol. The first-order chi connectivity index (χ1) is 14.8. The first-order valence-corrected chi connectivity index (χ1v) is 10.7. The highest BCUT2D eigenvalue weighted by Crippen LogP contribution is 2.27. The van der Waals surface area contributed by atoms with Crippen LogP contribution in [0, 0.1) is 19.7 Å². The van der Waals surface area contributed by atoms with Crippen LogP contribution < -0.4 is 9.46 Å². The topological polar surface area (TPSA) is 99.0 Å². The van der Waals surface area contributed by atoms with Gasteiger partial charge in [-0.25, -0.2) is 17.5 Å². The zero-order chi connectivity index (χ0) is 22.0. The second kappa shape index (κ2) is 8.15. The minimum absolute atomic E-state index is 0.0214. The summed E-state index contributed by atoms with van der Waals surface area (Å²) >= 11 is 0. The molecule has 4 rings (SSSR count). The Bertz CT molecular complexity index is 1300. The van der Waals surface area contributed by atoms with Crippen LogP contribution in [-0.2, 0) is 10.0 Å². The van der Waals surface area contributed by atoms with Crippen molar-refractivity contribution in [3.63, 3.8) is 0 Å². The minimum Gasteiger partial charge on any atom is -0.421 e. The van der Waals surface area contributed by atoms with Gasteiger partial charge in [-0.05, 0) is 56.3 Å². The van der Waals surface area contributed by atoms with Gasteiger partial charge in [0.25, 0.3) is 10.0 Å².